The van der Waals surface area contributed by atoms with Gasteiger partial charge in [-0.3, -0.25) is 4.84 Å². The molecular weight excluding hydrogens is 354 g/mol. The summed E-state index contributed by atoms with van der Waals surface area (Å²) < 4.78 is 16.6. The van der Waals surface area contributed by atoms with E-state index in [2.05, 4.69) is 31.2 Å². The Morgan fingerprint density at radius 3 is 2.11 bits per heavy atom. The van der Waals surface area contributed by atoms with E-state index in [-0.39, 0.29) is 0 Å². The first-order chi connectivity index (χ1) is 13.6. The SMILES string of the molecule is COc1ccc(C(ON)c2ccc(OCc3ccc(C)cc3)cc2)c(OC)c1. The van der Waals surface area contributed by atoms with E-state index in [0.29, 0.717) is 18.1 Å². The number of benzene rings is 3. The standard InChI is InChI=1S/C23H25NO4/c1-16-4-6-17(7-5-16)15-27-19-10-8-18(9-11-19)23(28-24)21-13-12-20(25-2)14-22(21)26-3/h4-14,23H,15,24H2,1-3H3. The summed E-state index contributed by atoms with van der Waals surface area (Å²) in [5.41, 5.74) is 4.07. The molecule has 0 spiro atoms. The maximum Gasteiger partial charge on any atom is 0.132 e. The van der Waals surface area contributed by atoms with Crippen LogP contribution < -0.4 is 20.1 Å². The quantitative estimate of drug-likeness (QED) is 0.581. The summed E-state index contributed by atoms with van der Waals surface area (Å²) in [5.74, 6) is 7.73. The number of hydrogen-bond acceptors (Lipinski definition) is 5. The molecule has 0 amide bonds. The molecule has 0 aliphatic rings. The van der Waals surface area contributed by atoms with Crippen LogP contribution in [0, 0.1) is 6.92 Å². The molecule has 28 heavy (non-hydrogen) atoms. The van der Waals surface area contributed by atoms with Crippen LogP contribution in [0.4, 0.5) is 0 Å². The van der Waals surface area contributed by atoms with Gasteiger partial charge in [-0.1, -0.05) is 42.0 Å². The van der Waals surface area contributed by atoms with Gasteiger partial charge in [0.1, 0.15) is 30.0 Å². The van der Waals surface area contributed by atoms with Gasteiger partial charge in [0.2, 0.25) is 0 Å². The fourth-order valence-corrected chi connectivity index (χ4v) is 2.96. The lowest BCUT2D eigenvalue weighted by Gasteiger charge is -2.19. The molecule has 0 aliphatic heterocycles. The molecular formula is C23H25NO4. The van der Waals surface area contributed by atoms with Gasteiger partial charge < -0.3 is 14.2 Å². The second kappa shape index (κ2) is 9.26. The molecule has 1 atom stereocenters. The van der Waals surface area contributed by atoms with Crippen molar-refractivity contribution in [3.05, 3.63) is 89.0 Å². The highest BCUT2D eigenvalue weighted by Gasteiger charge is 2.19. The van der Waals surface area contributed by atoms with Crippen LogP contribution in [-0.4, -0.2) is 14.2 Å². The predicted molar refractivity (Wildman–Crippen MR) is 109 cm³/mol. The Morgan fingerprint density at radius 2 is 1.50 bits per heavy atom. The molecule has 146 valence electrons. The number of rotatable bonds is 8. The minimum atomic E-state index is -0.466. The average Bonchev–Trinajstić information content (AvgIpc) is 2.75. The number of hydrogen-bond donors (Lipinski definition) is 1. The van der Waals surface area contributed by atoms with Crippen LogP contribution in [0.25, 0.3) is 0 Å². The van der Waals surface area contributed by atoms with E-state index in [1.807, 2.05) is 36.4 Å². The fraction of sp³-hybridized carbons (Fsp3) is 0.217. The topological polar surface area (TPSA) is 62.9 Å². The van der Waals surface area contributed by atoms with E-state index in [0.717, 1.165) is 22.4 Å². The van der Waals surface area contributed by atoms with Gasteiger partial charge >= 0.3 is 0 Å². The van der Waals surface area contributed by atoms with Gasteiger partial charge in [0, 0.05) is 11.6 Å². The molecule has 0 aliphatic carbocycles. The van der Waals surface area contributed by atoms with Gasteiger partial charge in [0.25, 0.3) is 0 Å². The first-order valence-electron chi connectivity index (χ1n) is 9.00. The lowest BCUT2D eigenvalue weighted by molar-refractivity contribution is 0.0794. The highest BCUT2D eigenvalue weighted by molar-refractivity contribution is 5.46. The number of nitrogens with two attached hydrogens (primary N) is 1. The molecule has 3 rings (SSSR count). The Kier molecular flexibility index (Phi) is 6.53. The third-order valence-electron chi connectivity index (χ3n) is 4.57. The first kappa shape index (κ1) is 19.7. The summed E-state index contributed by atoms with van der Waals surface area (Å²) in [6, 6.07) is 21.5. The Bertz CT molecular complexity index is 891. The molecule has 2 N–H and O–H groups in total. The van der Waals surface area contributed by atoms with Gasteiger partial charge in [-0.25, -0.2) is 5.90 Å². The minimum Gasteiger partial charge on any atom is -0.497 e. The minimum absolute atomic E-state index is 0.466. The van der Waals surface area contributed by atoms with E-state index in [1.54, 1.807) is 20.3 Å². The number of aryl methyl sites for hydroxylation is 1. The third kappa shape index (κ3) is 4.63. The molecule has 0 fully saturated rings. The second-order valence-electron chi connectivity index (χ2n) is 6.47. The Hall–Kier alpha value is -3.02. The van der Waals surface area contributed by atoms with Crippen molar-refractivity contribution in [2.24, 2.45) is 5.90 Å². The smallest absolute Gasteiger partial charge is 0.132 e. The van der Waals surface area contributed by atoms with Gasteiger partial charge in [0.05, 0.1) is 14.2 Å². The van der Waals surface area contributed by atoms with Crippen LogP contribution in [0.1, 0.15) is 28.4 Å². The molecule has 0 radical (unpaired) electrons. The normalized spacial score (nSPS) is 11.7. The summed E-state index contributed by atoms with van der Waals surface area (Å²) in [7, 11) is 3.22. The van der Waals surface area contributed by atoms with Crippen molar-refractivity contribution in [2.45, 2.75) is 19.6 Å². The van der Waals surface area contributed by atoms with E-state index in [1.165, 1.54) is 5.56 Å². The molecule has 5 nitrogen and oxygen atoms in total. The van der Waals surface area contributed by atoms with Crippen LogP contribution in [0.2, 0.25) is 0 Å². The van der Waals surface area contributed by atoms with Crippen LogP contribution in [0.3, 0.4) is 0 Å². The predicted octanol–water partition coefficient (Wildman–Crippen LogP) is 4.57. The summed E-state index contributed by atoms with van der Waals surface area (Å²) in [6.07, 6.45) is -0.466. The van der Waals surface area contributed by atoms with Crippen molar-refractivity contribution in [1.29, 1.82) is 0 Å². The zero-order chi connectivity index (χ0) is 19.9. The second-order valence-corrected chi connectivity index (χ2v) is 6.47. The average molecular weight is 379 g/mol. The highest BCUT2D eigenvalue weighted by atomic mass is 16.6. The molecule has 3 aromatic carbocycles. The van der Waals surface area contributed by atoms with Crippen LogP contribution in [0.5, 0.6) is 17.2 Å². The van der Waals surface area contributed by atoms with Gasteiger partial charge in [0.15, 0.2) is 0 Å². The maximum atomic E-state index is 5.87. The molecule has 3 aromatic rings. The Balaban J connectivity index is 1.74. The number of methoxy groups -OCH3 is 2. The van der Waals surface area contributed by atoms with Crippen LogP contribution in [-0.2, 0) is 11.4 Å². The Labute approximate surface area is 165 Å². The van der Waals surface area contributed by atoms with E-state index in [4.69, 9.17) is 24.9 Å². The van der Waals surface area contributed by atoms with Gasteiger partial charge in [-0.05, 0) is 42.3 Å². The number of ether oxygens (including phenoxy) is 3. The molecule has 5 heteroatoms. The summed E-state index contributed by atoms with van der Waals surface area (Å²) >= 11 is 0. The molecule has 0 heterocycles. The monoisotopic (exact) mass is 379 g/mol. The molecule has 0 saturated carbocycles. The lowest BCUT2D eigenvalue weighted by atomic mass is 10.00. The zero-order valence-corrected chi connectivity index (χ0v) is 16.3. The van der Waals surface area contributed by atoms with E-state index >= 15 is 0 Å². The van der Waals surface area contributed by atoms with Crippen molar-refractivity contribution in [1.82, 2.24) is 0 Å². The third-order valence-corrected chi connectivity index (χ3v) is 4.57. The largest absolute Gasteiger partial charge is 0.497 e. The van der Waals surface area contributed by atoms with Crippen LogP contribution in [0.15, 0.2) is 66.7 Å². The highest BCUT2D eigenvalue weighted by Crippen LogP contribution is 2.35. The van der Waals surface area contributed by atoms with Crippen molar-refractivity contribution in [2.75, 3.05) is 14.2 Å². The lowest BCUT2D eigenvalue weighted by Crippen LogP contribution is -2.12. The Morgan fingerprint density at radius 1 is 0.821 bits per heavy atom. The molecule has 0 aromatic heterocycles. The van der Waals surface area contributed by atoms with Crippen LogP contribution >= 0.6 is 0 Å². The molecule has 1 unspecified atom stereocenters. The van der Waals surface area contributed by atoms with Gasteiger partial charge in [-0.15, -0.1) is 0 Å². The van der Waals surface area contributed by atoms with Gasteiger partial charge in [-0.2, -0.15) is 0 Å². The van der Waals surface area contributed by atoms with E-state index in [9.17, 15) is 0 Å². The van der Waals surface area contributed by atoms with E-state index < -0.39 is 6.10 Å². The maximum absolute atomic E-state index is 5.87. The molecule has 0 bridgehead atoms. The van der Waals surface area contributed by atoms with Crippen molar-refractivity contribution in [3.8, 4) is 17.2 Å². The molecule has 0 saturated heterocycles. The van der Waals surface area contributed by atoms with Crippen molar-refractivity contribution in [3.63, 3.8) is 0 Å². The summed E-state index contributed by atoms with van der Waals surface area (Å²) in [6.45, 7) is 2.58. The van der Waals surface area contributed by atoms with Crippen molar-refractivity contribution < 1.29 is 19.0 Å². The first-order valence-corrected chi connectivity index (χ1v) is 9.00. The fourth-order valence-electron chi connectivity index (χ4n) is 2.96. The summed E-state index contributed by atoms with van der Waals surface area (Å²) in [4.78, 5) is 5.26. The zero-order valence-electron chi connectivity index (χ0n) is 16.3. The van der Waals surface area contributed by atoms with Crippen molar-refractivity contribution >= 4 is 0 Å². The summed E-state index contributed by atoms with van der Waals surface area (Å²) in [5, 5.41) is 0.